The number of benzene rings is 1. The van der Waals surface area contributed by atoms with Gasteiger partial charge in [0.05, 0.1) is 5.60 Å². The monoisotopic (exact) mass is 189 g/mol. The lowest BCUT2D eigenvalue weighted by Crippen LogP contribution is -2.15. The Bertz CT molecular complexity index is 463. The Morgan fingerprint density at radius 2 is 2.00 bits per heavy atom. The van der Waals surface area contributed by atoms with Gasteiger partial charge < -0.3 is 10.1 Å². The van der Waals surface area contributed by atoms with Gasteiger partial charge in [-0.25, -0.2) is 0 Å². The second-order valence-corrected chi connectivity index (χ2v) is 4.28. The molecule has 2 nitrogen and oxygen atoms in total. The van der Waals surface area contributed by atoms with Crippen molar-refractivity contribution < 1.29 is 5.11 Å². The predicted molar refractivity (Wildman–Crippen MR) is 58.3 cm³/mol. The fourth-order valence-corrected chi connectivity index (χ4v) is 1.64. The normalized spacial score (nSPS) is 12.3. The number of rotatable bonds is 1. The van der Waals surface area contributed by atoms with Crippen molar-refractivity contribution >= 4 is 10.9 Å². The first-order valence-corrected chi connectivity index (χ1v) is 4.79. The molecule has 14 heavy (non-hydrogen) atoms. The Hall–Kier alpha value is -1.28. The molecule has 0 saturated heterocycles. The third-order valence-corrected chi connectivity index (χ3v) is 2.52. The van der Waals surface area contributed by atoms with Crippen LogP contribution < -0.4 is 0 Å². The molecule has 1 aromatic heterocycles. The highest BCUT2D eigenvalue weighted by atomic mass is 16.3. The van der Waals surface area contributed by atoms with Gasteiger partial charge in [0, 0.05) is 16.6 Å². The van der Waals surface area contributed by atoms with Crippen LogP contribution in [0.25, 0.3) is 10.9 Å². The second-order valence-electron chi connectivity index (χ2n) is 4.28. The minimum atomic E-state index is -0.800. The van der Waals surface area contributed by atoms with Gasteiger partial charge >= 0.3 is 0 Å². The third-order valence-electron chi connectivity index (χ3n) is 2.52. The molecule has 0 saturated carbocycles. The van der Waals surface area contributed by atoms with E-state index in [0.29, 0.717) is 0 Å². The standard InChI is InChI=1S/C12H15NO/c1-8-5-4-6-9-7-10(12(2,3)14)13-11(8)9/h4-7,13-14H,1-3H3. The highest BCUT2D eigenvalue weighted by molar-refractivity contribution is 5.83. The van der Waals surface area contributed by atoms with E-state index in [1.165, 1.54) is 5.56 Å². The van der Waals surface area contributed by atoms with Crippen LogP contribution in [0.2, 0.25) is 0 Å². The van der Waals surface area contributed by atoms with Crippen LogP contribution in [0.5, 0.6) is 0 Å². The minimum absolute atomic E-state index is 0.800. The van der Waals surface area contributed by atoms with E-state index in [9.17, 15) is 5.11 Å². The first-order chi connectivity index (χ1) is 6.48. The van der Waals surface area contributed by atoms with Crippen molar-refractivity contribution in [1.82, 2.24) is 4.98 Å². The Labute approximate surface area is 83.6 Å². The van der Waals surface area contributed by atoms with E-state index in [4.69, 9.17) is 0 Å². The lowest BCUT2D eigenvalue weighted by molar-refractivity contribution is 0.0747. The Kier molecular flexibility index (Phi) is 1.89. The summed E-state index contributed by atoms with van der Waals surface area (Å²) in [6.07, 6.45) is 0. The lowest BCUT2D eigenvalue weighted by atomic mass is 10.1. The highest BCUT2D eigenvalue weighted by Gasteiger charge is 2.18. The summed E-state index contributed by atoms with van der Waals surface area (Å²) in [6.45, 7) is 5.63. The minimum Gasteiger partial charge on any atom is -0.384 e. The number of H-pyrrole nitrogens is 1. The van der Waals surface area contributed by atoms with Crippen molar-refractivity contribution in [3.63, 3.8) is 0 Å². The molecule has 0 unspecified atom stereocenters. The molecule has 1 heterocycles. The number of aliphatic hydroxyl groups is 1. The molecule has 2 rings (SSSR count). The van der Waals surface area contributed by atoms with Crippen LogP contribution in [0.1, 0.15) is 25.1 Å². The van der Waals surface area contributed by atoms with Gasteiger partial charge in [-0.3, -0.25) is 0 Å². The van der Waals surface area contributed by atoms with E-state index < -0.39 is 5.60 Å². The number of hydrogen-bond donors (Lipinski definition) is 2. The average Bonchev–Trinajstić information content (AvgIpc) is 2.48. The molecule has 0 aliphatic rings. The maximum atomic E-state index is 9.85. The number of nitrogens with one attached hydrogen (secondary N) is 1. The van der Waals surface area contributed by atoms with Crippen LogP contribution in [-0.2, 0) is 5.60 Å². The Morgan fingerprint density at radius 3 is 2.57 bits per heavy atom. The zero-order valence-corrected chi connectivity index (χ0v) is 8.76. The first-order valence-electron chi connectivity index (χ1n) is 4.79. The van der Waals surface area contributed by atoms with E-state index in [2.05, 4.69) is 18.0 Å². The van der Waals surface area contributed by atoms with Crippen LogP contribution in [0.4, 0.5) is 0 Å². The van der Waals surface area contributed by atoms with Gasteiger partial charge in [-0.2, -0.15) is 0 Å². The summed E-state index contributed by atoms with van der Waals surface area (Å²) in [6, 6.07) is 8.14. The van der Waals surface area contributed by atoms with E-state index in [1.54, 1.807) is 13.8 Å². The summed E-state index contributed by atoms with van der Waals surface area (Å²) < 4.78 is 0. The van der Waals surface area contributed by atoms with Crippen LogP contribution >= 0.6 is 0 Å². The molecule has 74 valence electrons. The van der Waals surface area contributed by atoms with Crippen LogP contribution in [0, 0.1) is 6.92 Å². The summed E-state index contributed by atoms with van der Waals surface area (Å²) in [5, 5.41) is 11.0. The summed E-state index contributed by atoms with van der Waals surface area (Å²) in [5.74, 6) is 0. The summed E-state index contributed by atoms with van der Waals surface area (Å²) in [4.78, 5) is 3.25. The van der Waals surface area contributed by atoms with E-state index >= 15 is 0 Å². The SMILES string of the molecule is Cc1cccc2cc(C(C)(C)O)[nH]c12. The topological polar surface area (TPSA) is 36.0 Å². The molecule has 0 radical (unpaired) electrons. The molecule has 0 aliphatic heterocycles. The van der Waals surface area contributed by atoms with Crippen molar-refractivity contribution in [3.05, 3.63) is 35.5 Å². The molecular formula is C12H15NO. The lowest BCUT2D eigenvalue weighted by Gasteiger charge is -2.14. The average molecular weight is 189 g/mol. The molecule has 0 aliphatic carbocycles. The van der Waals surface area contributed by atoms with Gasteiger partial charge in [0.25, 0.3) is 0 Å². The summed E-state index contributed by atoms with van der Waals surface area (Å²) in [5.41, 5.74) is 2.38. The van der Waals surface area contributed by atoms with Crippen molar-refractivity contribution in [1.29, 1.82) is 0 Å². The maximum Gasteiger partial charge on any atom is 0.0987 e. The zero-order chi connectivity index (χ0) is 10.3. The quantitative estimate of drug-likeness (QED) is 0.711. The van der Waals surface area contributed by atoms with E-state index in [1.807, 2.05) is 18.2 Å². The molecule has 2 heteroatoms. The van der Waals surface area contributed by atoms with Crippen LogP contribution in [0.3, 0.4) is 0 Å². The van der Waals surface area contributed by atoms with Crippen LogP contribution in [0.15, 0.2) is 24.3 Å². The summed E-state index contributed by atoms with van der Waals surface area (Å²) in [7, 11) is 0. The number of hydrogen-bond acceptors (Lipinski definition) is 1. The number of aromatic amines is 1. The fraction of sp³-hybridized carbons (Fsp3) is 0.333. The van der Waals surface area contributed by atoms with Gasteiger partial charge in [-0.05, 0) is 32.4 Å². The van der Waals surface area contributed by atoms with E-state index in [0.717, 1.165) is 16.6 Å². The number of fused-ring (bicyclic) bond motifs is 1. The largest absolute Gasteiger partial charge is 0.384 e. The van der Waals surface area contributed by atoms with Crippen molar-refractivity contribution in [2.45, 2.75) is 26.4 Å². The van der Waals surface area contributed by atoms with Gasteiger partial charge in [-0.15, -0.1) is 0 Å². The van der Waals surface area contributed by atoms with Crippen LogP contribution in [-0.4, -0.2) is 10.1 Å². The molecule has 0 fully saturated rings. The van der Waals surface area contributed by atoms with Gasteiger partial charge in [0.15, 0.2) is 0 Å². The predicted octanol–water partition coefficient (Wildman–Crippen LogP) is 2.70. The third kappa shape index (κ3) is 1.42. The zero-order valence-electron chi connectivity index (χ0n) is 8.76. The van der Waals surface area contributed by atoms with Gasteiger partial charge in [0.1, 0.15) is 0 Å². The number of aryl methyl sites for hydroxylation is 1. The molecular weight excluding hydrogens is 174 g/mol. The maximum absolute atomic E-state index is 9.85. The first kappa shape index (κ1) is 9.28. The smallest absolute Gasteiger partial charge is 0.0987 e. The second kappa shape index (κ2) is 2.85. The van der Waals surface area contributed by atoms with Gasteiger partial charge in [-0.1, -0.05) is 18.2 Å². The Morgan fingerprint density at radius 1 is 1.29 bits per heavy atom. The number of aromatic nitrogens is 1. The molecule has 1 aromatic carbocycles. The van der Waals surface area contributed by atoms with E-state index in [-0.39, 0.29) is 0 Å². The van der Waals surface area contributed by atoms with Crippen molar-refractivity contribution in [2.24, 2.45) is 0 Å². The highest BCUT2D eigenvalue weighted by Crippen LogP contribution is 2.25. The van der Waals surface area contributed by atoms with Gasteiger partial charge in [0.2, 0.25) is 0 Å². The number of para-hydroxylation sites is 1. The molecule has 2 aromatic rings. The molecule has 2 N–H and O–H groups in total. The molecule has 0 amide bonds. The van der Waals surface area contributed by atoms with Crippen molar-refractivity contribution in [2.75, 3.05) is 0 Å². The Balaban J connectivity index is 2.69. The summed E-state index contributed by atoms with van der Waals surface area (Å²) >= 11 is 0. The molecule has 0 bridgehead atoms. The molecule has 0 atom stereocenters. The fourth-order valence-electron chi connectivity index (χ4n) is 1.64. The molecule has 0 spiro atoms. The van der Waals surface area contributed by atoms with Crippen molar-refractivity contribution in [3.8, 4) is 0 Å².